The van der Waals surface area contributed by atoms with Crippen LogP contribution in [0.2, 0.25) is 0 Å². The van der Waals surface area contributed by atoms with E-state index in [0.717, 1.165) is 5.52 Å². The Hall–Kier alpha value is -3.15. The van der Waals surface area contributed by atoms with Gasteiger partial charge in [0.25, 0.3) is 5.69 Å². The van der Waals surface area contributed by atoms with Crippen molar-refractivity contribution in [3.63, 3.8) is 0 Å². The predicted molar refractivity (Wildman–Crippen MR) is 81.1 cm³/mol. The number of aromatic carboxylic acids is 1. The van der Waals surface area contributed by atoms with Gasteiger partial charge < -0.3 is 9.67 Å². The lowest BCUT2D eigenvalue weighted by atomic mass is 10.1. The number of fused-ring (bicyclic) bond motifs is 1. The summed E-state index contributed by atoms with van der Waals surface area (Å²) in [6.45, 7) is 0.241. The Kier molecular flexibility index (Phi) is 3.34. The second-order valence-corrected chi connectivity index (χ2v) is 4.88. The minimum atomic E-state index is -1.02. The van der Waals surface area contributed by atoms with Crippen molar-refractivity contribution >= 4 is 22.6 Å². The number of carboxylic acid groups (broad SMARTS) is 1. The molecule has 0 radical (unpaired) electrons. The van der Waals surface area contributed by atoms with Crippen molar-refractivity contribution in [3.8, 4) is 0 Å². The van der Waals surface area contributed by atoms with Crippen molar-refractivity contribution < 1.29 is 14.8 Å². The molecule has 6 heteroatoms. The highest BCUT2D eigenvalue weighted by molar-refractivity contribution is 6.03. The summed E-state index contributed by atoms with van der Waals surface area (Å²) in [5, 5.41) is 21.0. The third kappa shape index (κ3) is 2.31. The fraction of sp³-hybridized carbons (Fsp3) is 0.0625. The number of benzene rings is 2. The van der Waals surface area contributed by atoms with Crippen LogP contribution in [0.15, 0.2) is 54.7 Å². The second kappa shape index (κ2) is 5.33. The second-order valence-electron chi connectivity index (χ2n) is 4.88. The van der Waals surface area contributed by atoms with Crippen LogP contribution >= 0.6 is 0 Å². The third-order valence-corrected chi connectivity index (χ3v) is 3.55. The van der Waals surface area contributed by atoms with Gasteiger partial charge in [0.1, 0.15) is 0 Å². The number of aromatic nitrogens is 1. The van der Waals surface area contributed by atoms with Gasteiger partial charge in [-0.3, -0.25) is 10.1 Å². The molecule has 1 N–H and O–H groups in total. The van der Waals surface area contributed by atoms with E-state index in [-0.39, 0.29) is 17.8 Å². The Labute approximate surface area is 125 Å². The van der Waals surface area contributed by atoms with Crippen LogP contribution < -0.4 is 0 Å². The maximum absolute atomic E-state index is 11.3. The molecule has 0 aliphatic rings. The maximum Gasteiger partial charge on any atom is 0.337 e. The molecular weight excluding hydrogens is 284 g/mol. The number of hydrogen-bond acceptors (Lipinski definition) is 3. The molecule has 0 unspecified atom stereocenters. The van der Waals surface area contributed by atoms with E-state index < -0.39 is 10.9 Å². The highest BCUT2D eigenvalue weighted by atomic mass is 16.6. The fourth-order valence-corrected chi connectivity index (χ4v) is 2.55. The first kappa shape index (κ1) is 13.8. The van der Waals surface area contributed by atoms with Crippen LogP contribution in [0.4, 0.5) is 5.69 Å². The van der Waals surface area contributed by atoms with Crippen molar-refractivity contribution in [2.24, 2.45) is 0 Å². The molecule has 0 atom stereocenters. The van der Waals surface area contributed by atoms with Crippen LogP contribution in [-0.4, -0.2) is 20.6 Å². The molecule has 0 spiro atoms. The lowest BCUT2D eigenvalue weighted by Gasteiger charge is -2.06. The summed E-state index contributed by atoms with van der Waals surface area (Å²) >= 11 is 0. The molecule has 0 aliphatic heterocycles. The van der Waals surface area contributed by atoms with E-state index in [1.54, 1.807) is 41.0 Å². The van der Waals surface area contributed by atoms with Crippen LogP contribution in [-0.2, 0) is 6.54 Å². The molecule has 3 aromatic rings. The van der Waals surface area contributed by atoms with Gasteiger partial charge in [-0.05, 0) is 6.07 Å². The normalized spacial score (nSPS) is 10.7. The smallest absolute Gasteiger partial charge is 0.337 e. The van der Waals surface area contributed by atoms with Crippen LogP contribution in [0, 0.1) is 10.1 Å². The van der Waals surface area contributed by atoms with E-state index in [2.05, 4.69) is 0 Å². The van der Waals surface area contributed by atoms with Gasteiger partial charge in [0.15, 0.2) is 0 Å². The van der Waals surface area contributed by atoms with E-state index in [9.17, 15) is 20.0 Å². The predicted octanol–water partition coefficient (Wildman–Crippen LogP) is 3.30. The molecule has 22 heavy (non-hydrogen) atoms. The summed E-state index contributed by atoms with van der Waals surface area (Å²) in [5.74, 6) is -1.02. The van der Waals surface area contributed by atoms with Gasteiger partial charge in [-0.25, -0.2) is 4.79 Å². The average Bonchev–Trinajstić information content (AvgIpc) is 2.87. The number of carbonyl (C=O) groups is 1. The molecule has 2 aromatic carbocycles. The number of nitrogens with zero attached hydrogens (tertiary/aromatic N) is 2. The summed E-state index contributed by atoms with van der Waals surface area (Å²) in [6.07, 6.45) is 1.52. The molecule has 0 saturated carbocycles. The molecule has 0 bridgehead atoms. The Morgan fingerprint density at radius 3 is 2.55 bits per heavy atom. The van der Waals surface area contributed by atoms with Crippen LogP contribution in [0.25, 0.3) is 10.9 Å². The number of nitro groups is 1. The number of rotatable bonds is 4. The lowest BCUT2D eigenvalue weighted by Crippen LogP contribution is -2.02. The van der Waals surface area contributed by atoms with Crippen molar-refractivity contribution in [2.45, 2.75) is 6.54 Å². The largest absolute Gasteiger partial charge is 0.478 e. The molecular formula is C16H12N2O4. The minimum Gasteiger partial charge on any atom is -0.478 e. The zero-order valence-electron chi connectivity index (χ0n) is 11.5. The lowest BCUT2D eigenvalue weighted by molar-refractivity contribution is -0.385. The molecule has 1 heterocycles. The standard InChI is InChI=1S/C16H12N2O4/c19-16(20)13-10-17(15-8-4-2-6-12(13)15)9-11-5-1-3-7-14(11)18(21)22/h1-8,10H,9H2,(H,19,20). The quantitative estimate of drug-likeness (QED) is 0.591. The van der Waals surface area contributed by atoms with Crippen LogP contribution in [0.5, 0.6) is 0 Å². The van der Waals surface area contributed by atoms with Crippen LogP contribution in [0.3, 0.4) is 0 Å². The van der Waals surface area contributed by atoms with Crippen molar-refractivity contribution in [1.82, 2.24) is 4.57 Å². The Balaban J connectivity index is 2.13. The van der Waals surface area contributed by atoms with Gasteiger partial charge in [0, 0.05) is 28.7 Å². The molecule has 110 valence electrons. The summed E-state index contributed by atoms with van der Waals surface area (Å²) in [6, 6.07) is 13.6. The maximum atomic E-state index is 11.3. The highest BCUT2D eigenvalue weighted by Gasteiger charge is 2.17. The van der Waals surface area contributed by atoms with Crippen molar-refractivity contribution in [3.05, 3.63) is 76.0 Å². The zero-order valence-corrected chi connectivity index (χ0v) is 11.5. The molecule has 1 aromatic heterocycles. The molecule has 3 rings (SSSR count). The Morgan fingerprint density at radius 2 is 1.82 bits per heavy atom. The topological polar surface area (TPSA) is 85.4 Å². The first-order valence-corrected chi connectivity index (χ1v) is 6.61. The minimum absolute atomic E-state index is 0.0251. The van der Waals surface area contributed by atoms with Gasteiger partial charge in [0.2, 0.25) is 0 Å². The molecule has 0 amide bonds. The Bertz CT molecular complexity index is 883. The number of para-hydroxylation sites is 2. The van der Waals surface area contributed by atoms with E-state index in [0.29, 0.717) is 10.9 Å². The molecule has 0 saturated heterocycles. The highest BCUT2D eigenvalue weighted by Crippen LogP contribution is 2.25. The van der Waals surface area contributed by atoms with Gasteiger partial charge in [-0.2, -0.15) is 0 Å². The van der Waals surface area contributed by atoms with E-state index >= 15 is 0 Å². The van der Waals surface area contributed by atoms with E-state index in [1.807, 2.05) is 6.07 Å². The summed E-state index contributed by atoms with van der Waals surface area (Å²) in [4.78, 5) is 22.0. The van der Waals surface area contributed by atoms with Crippen molar-refractivity contribution in [1.29, 1.82) is 0 Å². The zero-order chi connectivity index (χ0) is 15.7. The molecule has 0 aliphatic carbocycles. The van der Waals surface area contributed by atoms with Crippen LogP contribution in [0.1, 0.15) is 15.9 Å². The van der Waals surface area contributed by atoms with Gasteiger partial charge >= 0.3 is 5.97 Å². The van der Waals surface area contributed by atoms with Gasteiger partial charge in [-0.15, -0.1) is 0 Å². The number of hydrogen-bond donors (Lipinski definition) is 1. The third-order valence-electron chi connectivity index (χ3n) is 3.55. The Morgan fingerprint density at radius 1 is 1.14 bits per heavy atom. The summed E-state index contributed by atoms with van der Waals surface area (Å²) < 4.78 is 1.72. The van der Waals surface area contributed by atoms with E-state index in [1.165, 1.54) is 12.3 Å². The SMILES string of the molecule is O=C(O)c1cn(Cc2ccccc2[N+](=O)[O-])c2ccccc12. The molecule has 6 nitrogen and oxygen atoms in total. The average molecular weight is 296 g/mol. The summed E-state index contributed by atoms with van der Waals surface area (Å²) in [7, 11) is 0. The molecule has 0 fully saturated rings. The van der Waals surface area contributed by atoms with Gasteiger partial charge in [-0.1, -0.05) is 36.4 Å². The monoisotopic (exact) mass is 296 g/mol. The number of nitro benzene ring substituents is 1. The van der Waals surface area contributed by atoms with Gasteiger partial charge in [0.05, 0.1) is 17.0 Å². The first-order chi connectivity index (χ1) is 10.6. The van der Waals surface area contributed by atoms with Crippen molar-refractivity contribution in [2.75, 3.05) is 0 Å². The first-order valence-electron chi connectivity index (χ1n) is 6.61. The summed E-state index contributed by atoms with van der Waals surface area (Å²) in [5.41, 5.74) is 1.48. The fourth-order valence-electron chi connectivity index (χ4n) is 2.55. The number of carboxylic acids is 1. The van der Waals surface area contributed by atoms with E-state index in [4.69, 9.17) is 0 Å².